The molecule has 0 aliphatic carbocycles. The molecule has 10 heteroatoms. The maximum atomic E-state index is 13.0. The molecule has 0 bridgehead atoms. The van der Waals surface area contributed by atoms with Crippen molar-refractivity contribution >= 4 is 11.2 Å². The Morgan fingerprint density at radius 3 is 2.47 bits per heavy atom. The normalized spacial score (nSPS) is 11.6. The number of aromatic nitrogens is 8. The number of para-hydroxylation sites is 1. The Bertz CT molecular complexity index is 1640. The van der Waals surface area contributed by atoms with Crippen molar-refractivity contribution in [3.05, 3.63) is 87.1 Å². The van der Waals surface area contributed by atoms with Crippen molar-refractivity contribution in [2.45, 2.75) is 59.5 Å². The molecule has 0 fully saturated rings. The second-order valence-corrected chi connectivity index (χ2v) is 9.98. The minimum atomic E-state index is -0.411. The van der Waals surface area contributed by atoms with Crippen molar-refractivity contribution < 1.29 is 0 Å². The zero-order valence-corrected chi connectivity index (χ0v) is 22.0. The lowest BCUT2D eigenvalue weighted by molar-refractivity contribution is 0.513. The SMILES string of the molecule is CCCCCc1nc2c(c(=O)[nH]c(=O)n2CC(C)C)n1Cc1ccc(-c2ccccc2-n2cnnn2)cc1. The first-order valence-corrected chi connectivity index (χ1v) is 13.1. The summed E-state index contributed by atoms with van der Waals surface area (Å²) in [5.74, 6) is 1.06. The fourth-order valence-corrected chi connectivity index (χ4v) is 4.81. The summed E-state index contributed by atoms with van der Waals surface area (Å²) in [7, 11) is 0. The fraction of sp³-hybridized carbons (Fsp3) is 0.357. The summed E-state index contributed by atoms with van der Waals surface area (Å²) in [6.45, 7) is 7.22. The smallest absolute Gasteiger partial charge is 0.318 e. The first kappa shape index (κ1) is 25.3. The van der Waals surface area contributed by atoms with Crippen LogP contribution >= 0.6 is 0 Å². The highest BCUT2D eigenvalue weighted by atomic mass is 16.2. The van der Waals surface area contributed by atoms with E-state index >= 15 is 0 Å². The summed E-state index contributed by atoms with van der Waals surface area (Å²) < 4.78 is 5.22. The number of rotatable bonds is 10. The molecular formula is C28H32N8O2. The molecule has 0 unspecified atom stereocenters. The van der Waals surface area contributed by atoms with Crippen molar-refractivity contribution in [1.82, 2.24) is 39.3 Å². The van der Waals surface area contributed by atoms with Crippen LogP contribution in [-0.2, 0) is 19.5 Å². The summed E-state index contributed by atoms with van der Waals surface area (Å²) in [6, 6.07) is 16.2. The zero-order chi connectivity index (χ0) is 26.6. The molecule has 3 heterocycles. The van der Waals surface area contributed by atoms with E-state index in [0.717, 1.165) is 53.9 Å². The first-order chi connectivity index (χ1) is 18.5. The second-order valence-electron chi connectivity index (χ2n) is 9.98. The standard InChI is InChI=1S/C28H32N8O2/c1-4-5-6-11-24-30-26-25(27(37)31-28(38)35(26)16-19(2)3)34(24)17-20-12-14-21(15-13-20)22-9-7-8-10-23(22)36-18-29-32-33-36/h7-10,12-15,18-19H,4-6,11,16-17H2,1-3H3,(H,31,37,38). The van der Waals surface area contributed by atoms with Gasteiger partial charge in [-0.05, 0) is 40.0 Å². The molecule has 0 aliphatic rings. The van der Waals surface area contributed by atoms with Crippen LogP contribution in [0.3, 0.4) is 0 Å². The summed E-state index contributed by atoms with van der Waals surface area (Å²) in [4.78, 5) is 33.1. The van der Waals surface area contributed by atoms with Crippen LogP contribution in [0.2, 0.25) is 0 Å². The van der Waals surface area contributed by atoms with Gasteiger partial charge in [0, 0.05) is 25.1 Å². The largest absolute Gasteiger partial charge is 0.330 e. The lowest BCUT2D eigenvalue weighted by Crippen LogP contribution is -2.32. The van der Waals surface area contributed by atoms with Gasteiger partial charge in [0.15, 0.2) is 11.2 Å². The van der Waals surface area contributed by atoms with E-state index in [1.165, 1.54) is 0 Å². The Balaban J connectivity index is 1.54. The minimum absolute atomic E-state index is 0.235. The van der Waals surface area contributed by atoms with Crippen LogP contribution < -0.4 is 11.2 Å². The molecule has 0 atom stereocenters. The molecule has 2 aromatic carbocycles. The van der Waals surface area contributed by atoms with E-state index in [2.05, 4.69) is 51.7 Å². The van der Waals surface area contributed by atoms with Crippen LogP contribution in [0, 0.1) is 5.92 Å². The van der Waals surface area contributed by atoms with E-state index in [9.17, 15) is 9.59 Å². The molecule has 196 valence electrons. The maximum Gasteiger partial charge on any atom is 0.330 e. The Hall–Kier alpha value is -4.34. The average Bonchev–Trinajstić information content (AvgIpc) is 3.56. The fourth-order valence-electron chi connectivity index (χ4n) is 4.81. The van der Waals surface area contributed by atoms with E-state index in [-0.39, 0.29) is 5.92 Å². The van der Waals surface area contributed by atoms with E-state index in [4.69, 9.17) is 4.98 Å². The number of benzene rings is 2. The van der Waals surface area contributed by atoms with Gasteiger partial charge in [0.2, 0.25) is 0 Å². The molecule has 1 N–H and O–H groups in total. The quantitative estimate of drug-likeness (QED) is 0.283. The Kier molecular flexibility index (Phi) is 7.30. The van der Waals surface area contributed by atoms with Crippen LogP contribution in [0.1, 0.15) is 51.4 Å². The topological polar surface area (TPSA) is 116 Å². The highest BCUT2D eigenvalue weighted by Crippen LogP contribution is 2.27. The third kappa shape index (κ3) is 5.06. The van der Waals surface area contributed by atoms with Gasteiger partial charge in [-0.15, -0.1) is 5.10 Å². The first-order valence-electron chi connectivity index (χ1n) is 13.1. The van der Waals surface area contributed by atoms with Gasteiger partial charge < -0.3 is 4.57 Å². The average molecular weight is 513 g/mol. The number of hydrogen-bond donors (Lipinski definition) is 1. The van der Waals surface area contributed by atoms with Gasteiger partial charge in [0.05, 0.1) is 5.69 Å². The molecule has 0 aliphatic heterocycles. The minimum Gasteiger partial charge on any atom is -0.318 e. The van der Waals surface area contributed by atoms with Crippen molar-refractivity contribution in [1.29, 1.82) is 0 Å². The number of tetrazole rings is 1. The van der Waals surface area contributed by atoms with Crippen molar-refractivity contribution in [3.63, 3.8) is 0 Å². The molecule has 5 aromatic rings. The predicted octanol–water partition coefficient (Wildman–Crippen LogP) is 3.97. The molecule has 0 saturated carbocycles. The lowest BCUT2D eigenvalue weighted by Gasteiger charge is -2.12. The number of nitrogens with one attached hydrogen (secondary N) is 1. The van der Waals surface area contributed by atoms with E-state index in [1.807, 2.05) is 42.7 Å². The van der Waals surface area contributed by atoms with Gasteiger partial charge in [-0.2, -0.15) is 4.68 Å². The van der Waals surface area contributed by atoms with Crippen LogP contribution in [0.5, 0.6) is 0 Å². The number of H-pyrrole nitrogens is 1. The highest BCUT2D eigenvalue weighted by Gasteiger charge is 2.19. The van der Waals surface area contributed by atoms with Gasteiger partial charge in [0.25, 0.3) is 5.56 Å². The van der Waals surface area contributed by atoms with Gasteiger partial charge in [0.1, 0.15) is 12.2 Å². The number of hydrogen-bond acceptors (Lipinski definition) is 6. The molecule has 3 aromatic heterocycles. The Morgan fingerprint density at radius 1 is 0.974 bits per heavy atom. The number of nitrogens with zero attached hydrogens (tertiary/aromatic N) is 7. The number of aromatic amines is 1. The highest BCUT2D eigenvalue weighted by molar-refractivity contribution is 5.73. The predicted molar refractivity (Wildman–Crippen MR) is 146 cm³/mol. The third-order valence-electron chi connectivity index (χ3n) is 6.62. The van der Waals surface area contributed by atoms with Gasteiger partial charge in [-0.3, -0.25) is 14.3 Å². The molecule has 0 amide bonds. The third-order valence-corrected chi connectivity index (χ3v) is 6.62. The number of aryl methyl sites for hydroxylation is 1. The molecular weight excluding hydrogens is 480 g/mol. The van der Waals surface area contributed by atoms with Crippen molar-refractivity contribution in [2.75, 3.05) is 0 Å². The summed E-state index contributed by atoms with van der Waals surface area (Å²) in [6.07, 6.45) is 5.46. The Labute approximate surface area is 220 Å². The number of imidazole rings is 1. The molecule has 0 spiro atoms. The molecule has 10 nitrogen and oxygen atoms in total. The van der Waals surface area contributed by atoms with Crippen molar-refractivity contribution in [2.24, 2.45) is 5.92 Å². The maximum absolute atomic E-state index is 13.0. The van der Waals surface area contributed by atoms with Crippen LogP contribution in [0.4, 0.5) is 0 Å². The molecule has 5 rings (SSSR count). The summed E-state index contributed by atoms with van der Waals surface area (Å²) >= 11 is 0. The van der Waals surface area contributed by atoms with Crippen LogP contribution in [0.25, 0.3) is 28.0 Å². The zero-order valence-electron chi connectivity index (χ0n) is 22.0. The van der Waals surface area contributed by atoms with E-state index in [0.29, 0.717) is 24.3 Å². The second kappa shape index (κ2) is 11.0. The monoisotopic (exact) mass is 512 g/mol. The summed E-state index contributed by atoms with van der Waals surface area (Å²) in [5.41, 5.74) is 4.06. The molecule has 0 saturated heterocycles. The van der Waals surface area contributed by atoms with E-state index < -0.39 is 11.2 Å². The van der Waals surface area contributed by atoms with Crippen molar-refractivity contribution in [3.8, 4) is 16.8 Å². The molecule has 38 heavy (non-hydrogen) atoms. The molecule has 0 radical (unpaired) electrons. The Morgan fingerprint density at radius 2 is 1.76 bits per heavy atom. The van der Waals surface area contributed by atoms with Gasteiger partial charge >= 0.3 is 5.69 Å². The van der Waals surface area contributed by atoms with Crippen LogP contribution in [-0.4, -0.2) is 39.3 Å². The van der Waals surface area contributed by atoms with Gasteiger partial charge in [-0.25, -0.2) is 9.78 Å². The van der Waals surface area contributed by atoms with E-state index in [1.54, 1.807) is 15.6 Å². The summed E-state index contributed by atoms with van der Waals surface area (Å²) in [5, 5.41) is 11.6. The van der Waals surface area contributed by atoms with Crippen LogP contribution in [0.15, 0.2) is 64.4 Å². The lowest BCUT2D eigenvalue weighted by atomic mass is 10.0. The van der Waals surface area contributed by atoms with Gasteiger partial charge in [-0.1, -0.05) is 76.1 Å². The number of fused-ring (bicyclic) bond motifs is 1. The number of unbranched alkanes of at least 4 members (excludes halogenated alkanes) is 2.